The monoisotopic (exact) mass is 387 g/mol. The summed E-state index contributed by atoms with van der Waals surface area (Å²) in [6, 6.07) is 4.33. The topological polar surface area (TPSA) is 97.7 Å². The van der Waals surface area contributed by atoms with Gasteiger partial charge in [0.1, 0.15) is 6.04 Å². The Hall–Kier alpha value is -2.64. The van der Waals surface area contributed by atoms with Crippen LogP contribution in [0.15, 0.2) is 23.0 Å². The second-order valence-corrected chi connectivity index (χ2v) is 8.12. The molecule has 2 aliphatic heterocycles. The number of hydrogen-bond donors (Lipinski definition) is 1. The lowest BCUT2D eigenvalue weighted by Crippen LogP contribution is -2.56. The molecule has 2 amide bonds. The molecule has 2 fully saturated rings. The molecular formula is C20H25N3O5. The quantitative estimate of drug-likeness (QED) is 0.759. The Morgan fingerprint density at radius 3 is 2.57 bits per heavy atom. The van der Waals surface area contributed by atoms with Crippen LogP contribution in [-0.4, -0.2) is 53.5 Å². The van der Waals surface area contributed by atoms with Gasteiger partial charge in [0.25, 0.3) is 5.56 Å². The smallest absolute Gasteiger partial charge is 0.308 e. The number of rotatable bonds is 3. The maximum atomic E-state index is 13.1. The van der Waals surface area contributed by atoms with Crippen molar-refractivity contribution in [3.05, 3.63) is 34.2 Å². The molecule has 1 saturated heterocycles. The third-order valence-electron chi connectivity index (χ3n) is 6.38. The number of aromatic nitrogens is 1. The van der Waals surface area contributed by atoms with E-state index in [0.717, 1.165) is 12.1 Å². The minimum atomic E-state index is -0.640. The van der Waals surface area contributed by atoms with Gasteiger partial charge in [-0.05, 0) is 25.3 Å². The normalized spacial score (nSPS) is 30.6. The van der Waals surface area contributed by atoms with Gasteiger partial charge in [-0.3, -0.25) is 23.7 Å². The van der Waals surface area contributed by atoms with Crippen LogP contribution in [0, 0.1) is 11.8 Å². The number of fused-ring (bicyclic) bond motifs is 4. The van der Waals surface area contributed by atoms with E-state index >= 15 is 0 Å². The highest BCUT2D eigenvalue weighted by atomic mass is 16.5. The van der Waals surface area contributed by atoms with E-state index in [2.05, 4.69) is 5.32 Å². The summed E-state index contributed by atoms with van der Waals surface area (Å²) >= 11 is 0. The first-order chi connectivity index (χ1) is 13.4. The predicted molar refractivity (Wildman–Crippen MR) is 99.5 cm³/mol. The van der Waals surface area contributed by atoms with Crippen LogP contribution in [-0.2, 0) is 19.1 Å². The lowest BCUT2D eigenvalue weighted by atomic mass is 9.77. The molecule has 1 aromatic heterocycles. The molecule has 8 heteroatoms. The van der Waals surface area contributed by atoms with Crippen molar-refractivity contribution >= 4 is 17.8 Å². The van der Waals surface area contributed by atoms with Crippen LogP contribution in [0.5, 0.6) is 0 Å². The maximum absolute atomic E-state index is 13.1. The number of methoxy groups -OCH3 is 1. The van der Waals surface area contributed by atoms with Crippen molar-refractivity contribution < 1.29 is 19.1 Å². The number of nitrogens with zero attached hydrogens (tertiary/aromatic N) is 2. The molecule has 0 unspecified atom stereocenters. The van der Waals surface area contributed by atoms with Gasteiger partial charge >= 0.3 is 5.97 Å². The van der Waals surface area contributed by atoms with Gasteiger partial charge in [-0.25, -0.2) is 0 Å². The molecule has 3 aliphatic rings. The fourth-order valence-corrected chi connectivity index (χ4v) is 4.91. The fraction of sp³-hybridized carbons (Fsp3) is 0.600. The van der Waals surface area contributed by atoms with E-state index in [1.54, 1.807) is 15.5 Å². The summed E-state index contributed by atoms with van der Waals surface area (Å²) in [7, 11) is 1.36. The van der Waals surface area contributed by atoms with Crippen LogP contribution in [0.25, 0.3) is 0 Å². The molecule has 1 aliphatic carbocycles. The summed E-state index contributed by atoms with van der Waals surface area (Å²) in [4.78, 5) is 51.1. The van der Waals surface area contributed by atoms with Gasteiger partial charge in [0.2, 0.25) is 11.8 Å². The number of hydrogen-bond acceptors (Lipinski definition) is 5. The van der Waals surface area contributed by atoms with Gasteiger partial charge in [0.05, 0.1) is 13.0 Å². The Kier molecular flexibility index (Phi) is 4.72. The molecule has 3 heterocycles. The van der Waals surface area contributed by atoms with Gasteiger partial charge in [-0.1, -0.05) is 6.07 Å². The standard InChI is InChI=1S/C20H25N3O5/c1-11(24)22-9-13-6-14(10-22)18(23-16(13)4-3-5-17(23)25)19(26)21-15-7-12(8-15)20(27)28-2/h3-5,12-15,18H,6-10H2,1-2H3,(H,21,26)/t12?,13-,14+,15?,18-/m1/s1. The molecular weight excluding hydrogens is 362 g/mol. The summed E-state index contributed by atoms with van der Waals surface area (Å²) in [6.07, 6.45) is 1.88. The lowest BCUT2D eigenvalue weighted by molar-refractivity contribution is -0.150. The molecule has 1 N–H and O–H groups in total. The average molecular weight is 387 g/mol. The highest BCUT2D eigenvalue weighted by Gasteiger charge is 2.45. The van der Waals surface area contributed by atoms with Crippen molar-refractivity contribution in [2.75, 3.05) is 20.2 Å². The average Bonchev–Trinajstić information content (AvgIpc) is 2.64. The molecule has 0 spiro atoms. The Labute approximate surface area is 162 Å². The van der Waals surface area contributed by atoms with Crippen molar-refractivity contribution in [3.63, 3.8) is 0 Å². The zero-order valence-corrected chi connectivity index (χ0v) is 16.1. The van der Waals surface area contributed by atoms with Crippen molar-refractivity contribution in [2.45, 2.75) is 44.2 Å². The van der Waals surface area contributed by atoms with Crippen LogP contribution in [0.2, 0.25) is 0 Å². The molecule has 1 saturated carbocycles. The number of nitrogens with one attached hydrogen (secondary N) is 1. The van der Waals surface area contributed by atoms with Crippen LogP contribution >= 0.6 is 0 Å². The van der Waals surface area contributed by atoms with Gasteiger partial charge in [-0.15, -0.1) is 0 Å². The van der Waals surface area contributed by atoms with E-state index in [1.165, 1.54) is 20.1 Å². The summed E-state index contributed by atoms with van der Waals surface area (Å²) in [5.74, 6) is -0.696. The second kappa shape index (κ2) is 7.07. The van der Waals surface area contributed by atoms with Gasteiger partial charge in [0.15, 0.2) is 0 Å². The largest absolute Gasteiger partial charge is 0.469 e. The molecule has 0 radical (unpaired) electrons. The van der Waals surface area contributed by atoms with Crippen LogP contribution in [0.4, 0.5) is 0 Å². The van der Waals surface area contributed by atoms with E-state index in [-0.39, 0.29) is 47.1 Å². The second-order valence-electron chi connectivity index (χ2n) is 8.12. The predicted octanol–water partition coefficient (Wildman–Crippen LogP) is 0.423. The van der Waals surface area contributed by atoms with E-state index < -0.39 is 6.04 Å². The number of pyridine rings is 1. The van der Waals surface area contributed by atoms with E-state index in [9.17, 15) is 19.2 Å². The molecule has 8 nitrogen and oxygen atoms in total. The molecule has 4 rings (SSSR count). The highest BCUT2D eigenvalue weighted by Crippen LogP contribution is 2.41. The first kappa shape index (κ1) is 18.7. The number of ether oxygens (including phenoxy) is 1. The van der Waals surface area contributed by atoms with E-state index in [0.29, 0.717) is 25.9 Å². The minimum Gasteiger partial charge on any atom is -0.469 e. The summed E-state index contributed by atoms with van der Waals surface area (Å²) in [6.45, 7) is 2.59. The Morgan fingerprint density at radius 1 is 1.14 bits per heavy atom. The van der Waals surface area contributed by atoms with Crippen LogP contribution < -0.4 is 10.9 Å². The molecule has 2 bridgehead atoms. The van der Waals surface area contributed by atoms with Crippen LogP contribution in [0.1, 0.15) is 43.8 Å². The first-order valence-corrected chi connectivity index (χ1v) is 9.74. The summed E-state index contributed by atoms with van der Waals surface area (Å²) < 4.78 is 6.35. The van der Waals surface area contributed by atoms with Crippen LogP contribution in [0.3, 0.4) is 0 Å². The number of amides is 2. The number of likely N-dealkylation sites (tertiary alicyclic amines) is 1. The zero-order valence-electron chi connectivity index (χ0n) is 16.1. The maximum Gasteiger partial charge on any atom is 0.308 e. The summed E-state index contributed by atoms with van der Waals surface area (Å²) in [5, 5.41) is 3.00. The highest BCUT2D eigenvalue weighted by molar-refractivity contribution is 5.82. The first-order valence-electron chi connectivity index (χ1n) is 9.74. The van der Waals surface area contributed by atoms with Crippen molar-refractivity contribution in [1.29, 1.82) is 0 Å². The number of piperidine rings is 1. The van der Waals surface area contributed by atoms with Crippen molar-refractivity contribution in [1.82, 2.24) is 14.8 Å². The van der Waals surface area contributed by atoms with Gasteiger partial charge in [-0.2, -0.15) is 0 Å². The number of esters is 1. The molecule has 0 aromatic carbocycles. The Bertz CT molecular complexity index is 873. The number of carbonyl (C=O) groups excluding carboxylic acids is 3. The van der Waals surface area contributed by atoms with Crippen molar-refractivity contribution in [2.24, 2.45) is 11.8 Å². The SMILES string of the molecule is COC(=O)C1CC(NC(=O)[C@H]2[C@H]3C[C@H](CN(C(C)=O)C3)c3cccc(=O)n32)C1. The minimum absolute atomic E-state index is 0.0134. The van der Waals surface area contributed by atoms with Crippen molar-refractivity contribution in [3.8, 4) is 0 Å². The third-order valence-corrected chi connectivity index (χ3v) is 6.38. The molecule has 1 aromatic rings. The molecule has 28 heavy (non-hydrogen) atoms. The van der Waals surface area contributed by atoms with Gasteiger partial charge in [0, 0.05) is 49.7 Å². The molecule has 150 valence electrons. The van der Waals surface area contributed by atoms with Gasteiger partial charge < -0.3 is 15.0 Å². The summed E-state index contributed by atoms with van der Waals surface area (Å²) in [5.41, 5.74) is 0.626. The fourth-order valence-electron chi connectivity index (χ4n) is 4.91. The Balaban J connectivity index is 1.58. The molecule has 3 atom stereocenters. The van der Waals surface area contributed by atoms with E-state index in [4.69, 9.17) is 4.74 Å². The lowest BCUT2D eigenvalue weighted by Gasteiger charge is -2.46. The zero-order chi connectivity index (χ0) is 20.0. The Morgan fingerprint density at radius 2 is 1.89 bits per heavy atom. The third kappa shape index (κ3) is 3.10. The van der Waals surface area contributed by atoms with E-state index in [1.807, 2.05) is 6.07 Å². The number of carbonyl (C=O) groups is 3.